The van der Waals surface area contributed by atoms with Crippen LogP contribution in [0.1, 0.15) is 50.9 Å². The van der Waals surface area contributed by atoms with Crippen LogP contribution >= 0.6 is 11.6 Å². The fourth-order valence-electron chi connectivity index (χ4n) is 2.01. The highest BCUT2D eigenvalue weighted by molar-refractivity contribution is 6.33. The molecule has 1 rings (SSSR count). The van der Waals surface area contributed by atoms with Gasteiger partial charge >= 0.3 is 0 Å². The number of benzene rings is 1. The van der Waals surface area contributed by atoms with Gasteiger partial charge in [0.25, 0.3) is 0 Å². The van der Waals surface area contributed by atoms with Crippen molar-refractivity contribution in [3.05, 3.63) is 28.8 Å². The first-order valence-electron chi connectivity index (χ1n) is 7.43. The minimum Gasteiger partial charge on any atom is -0.371 e. The average molecular weight is 296 g/mol. The summed E-state index contributed by atoms with van der Waals surface area (Å²) < 4.78 is 0. The van der Waals surface area contributed by atoms with Gasteiger partial charge in [0.05, 0.1) is 5.02 Å². The van der Waals surface area contributed by atoms with Crippen LogP contribution in [-0.2, 0) is 0 Å². The SMILES string of the molecule is CC(C)CCN(CCC(C)C)c1ccc(C=O)c(Cl)c1. The van der Waals surface area contributed by atoms with Crippen molar-refractivity contribution in [1.29, 1.82) is 0 Å². The molecule has 0 fully saturated rings. The Bertz CT molecular complexity index is 417. The van der Waals surface area contributed by atoms with E-state index >= 15 is 0 Å². The highest BCUT2D eigenvalue weighted by Gasteiger charge is 2.10. The molecule has 0 unspecified atom stereocenters. The van der Waals surface area contributed by atoms with Crippen LogP contribution in [0.2, 0.25) is 5.02 Å². The normalized spacial score (nSPS) is 11.2. The quantitative estimate of drug-likeness (QED) is 0.625. The number of aldehydes is 1. The second-order valence-corrected chi connectivity index (χ2v) is 6.58. The summed E-state index contributed by atoms with van der Waals surface area (Å²) in [4.78, 5) is 13.2. The van der Waals surface area contributed by atoms with Crippen molar-refractivity contribution < 1.29 is 4.79 Å². The van der Waals surface area contributed by atoms with E-state index in [0.717, 1.165) is 37.9 Å². The van der Waals surface area contributed by atoms with Crippen LogP contribution in [0.4, 0.5) is 5.69 Å². The van der Waals surface area contributed by atoms with Gasteiger partial charge in [-0.25, -0.2) is 0 Å². The van der Waals surface area contributed by atoms with Gasteiger partial charge in [-0.1, -0.05) is 39.3 Å². The number of hydrogen-bond acceptors (Lipinski definition) is 2. The van der Waals surface area contributed by atoms with Gasteiger partial charge in [-0.3, -0.25) is 4.79 Å². The Kier molecular flexibility index (Phi) is 7.08. The molecule has 1 aromatic carbocycles. The summed E-state index contributed by atoms with van der Waals surface area (Å²) in [6.45, 7) is 11.0. The maximum absolute atomic E-state index is 10.8. The van der Waals surface area contributed by atoms with Gasteiger partial charge in [0.2, 0.25) is 0 Å². The lowest BCUT2D eigenvalue weighted by Gasteiger charge is -2.27. The Morgan fingerprint density at radius 3 is 2.05 bits per heavy atom. The van der Waals surface area contributed by atoms with Crippen molar-refractivity contribution >= 4 is 23.6 Å². The molecule has 0 bridgehead atoms. The zero-order chi connectivity index (χ0) is 15.1. The molecule has 0 saturated carbocycles. The third kappa shape index (κ3) is 5.54. The lowest BCUT2D eigenvalue weighted by Crippen LogP contribution is -2.27. The van der Waals surface area contributed by atoms with Gasteiger partial charge in [-0.05, 0) is 42.9 Å². The molecule has 0 atom stereocenters. The molecule has 0 aliphatic rings. The second-order valence-electron chi connectivity index (χ2n) is 6.18. The standard InChI is InChI=1S/C17H26ClNO/c1-13(2)7-9-19(10-8-14(3)4)16-6-5-15(12-20)17(18)11-16/h5-6,11-14H,7-10H2,1-4H3. The molecule has 0 aliphatic heterocycles. The van der Waals surface area contributed by atoms with Crippen molar-refractivity contribution in [2.45, 2.75) is 40.5 Å². The molecule has 0 N–H and O–H groups in total. The van der Waals surface area contributed by atoms with Gasteiger partial charge in [-0.15, -0.1) is 0 Å². The van der Waals surface area contributed by atoms with Crippen LogP contribution in [-0.4, -0.2) is 19.4 Å². The molecule has 0 aromatic heterocycles. The Morgan fingerprint density at radius 1 is 1.10 bits per heavy atom. The van der Waals surface area contributed by atoms with Crippen molar-refractivity contribution in [3.8, 4) is 0 Å². The van der Waals surface area contributed by atoms with E-state index < -0.39 is 0 Å². The number of halogens is 1. The summed E-state index contributed by atoms with van der Waals surface area (Å²) in [5, 5.41) is 0.539. The predicted octanol–water partition coefficient (Wildman–Crippen LogP) is 5.05. The smallest absolute Gasteiger partial charge is 0.151 e. The number of carbonyl (C=O) groups excluding carboxylic acids is 1. The molecule has 0 radical (unpaired) electrons. The number of nitrogens with zero attached hydrogens (tertiary/aromatic N) is 1. The van der Waals surface area contributed by atoms with E-state index in [0.29, 0.717) is 22.4 Å². The van der Waals surface area contributed by atoms with Crippen molar-refractivity contribution in [2.75, 3.05) is 18.0 Å². The summed E-state index contributed by atoms with van der Waals surface area (Å²) in [5.41, 5.74) is 1.67. The minimum absolute atomic E-state index is 0.539. The fourth-order valence-corrected chi connectivity index (χ4v) is 2.23. The van der Waals surface area contributed by atoms with Crippen LogP contribution < -0.4 is 4.90 Å². The highest BCUT2D eigenvalue weighted by Crippen LogP contribution is 2.24. The van der Waals surface area contributed by atoms with Crippen LogP contribution in [0.15, 0.2) is 18.2 Å². The van der Waals surface area contributed by atoms with Gasteiger partial charge < -0.3 is 4.90 Å². The molecule has 20 heavy (non-hydrogen) atoms. The van der Waals surface area contributed by atoms with Gasteiger partial charge in [0.1, 0.15) is 0 Å². The Balaban J connectivity index is 2.84. The van der Waals surface area contributed by atoms with Crippen LogP contribution in [0.5, 0.6) is 0 Å². The summed E-state index contributed by atoms with van der Waals surface area (Å²) in [5.74, 6) is 1.36. The largest absolute Gasteiger partial charge is 0.371 e. The molecule has 1 aromatic rings. The van der Waals surface area contributed by atoms with Crippen LogP contribution in [0.25, 0.3) is 0 Å². The van der Waals surface area contributed by atoms with Crippen molar-refractivity contribution in [3.63, 3.8) is 0 Å². The molecule has 2 nitrogen and oxygen atoms in total. The van der Waals surface area contributed by atoms with Crippen molar-refractivity contribution in [2.24, 2.45) is 11.8 Å². The van der Waals surface area contributed by atoms with E-state index in [-0.39, 0.29) is 0 Å². The zero-order valence-corrected chi connectivity index (χ0v) is 13.8. The van der Waals surface area contributed by atoms with E-state index in [4.69, 9.17) is 11.6 Å². The molecule has 0 aliphatic carbocycles. The maximum Gasteiger partial charge on any atom is 0.151 e. The zero-order valence-electron chi connectivity index (χ0n) is 13.0. The third-order valence-corrected chi connectivity index (χ3v) is 3.76. The molecule has 112 valence electrons. The molecule has 3 heteroatoms. The fraction of sp³-hybridized carbons (Fsp3) is 0.588. The summed E-state index contributed by atoms with van der Waals surface area (Å²) >= 11 is 6.14. The maximum atomic E-state index is 10.8. The van der Waals surface area contributed by atoms with Crippen LogP contribution in [0.3, 0.4) is 0 Å². The molecule has 0 heterocycles. The first-order chi connectivity index (χ1) is 9.43. The second kappa shape index (κ2) is 8.31. The third-order valence-electron chi connectivity index (χ3n) is 3.43. The number of hydrogen-bond donors (Lipinski definition) is 0. The first kappa shape index (κ1) is 17.0. The van der Waals surface area contributed by atoms with E-state index in [1.807, 2.05) is 18.2 Å². The summed E-state index contributed by atoms with van der Waals surface area (Å²) in [6.07, 6.45) is 3.12. The van der Waals surface area contributed by atoms with Gasteiger partial charge in [-0.2, -0.15) is 0 Å². The number of anilines is 1. The van der Waals surface area contributed by atoms with E-state index in [2.05, 4.69) is 32.6 Å². The lowest BCUT2D eigenvalue weighted by atomic mass is 10.1. The molecule has 0 amide bonds. The lowest BCUT2D eigenvalue weighted by molar-refractivity contribution is 0.112. The van der Waals surface area contributed by atoms with E-state index in [1.165, 1.54) is 0 Å². The summed E-state index contributed by atoms with van der Waals surface area (Å²) in [7, 11) is 0. The van der Waals surface area contributed by atoms with Gasteiger partial charge in [0, 0.05) is 24.3 Å². The predicted molar refractivity (Wildman–Crippen MR) is 88.0 cm³/mol. The Labute approximate surface area is 128 Å². The highest BCUT2D eigenvalue weighted by atomic mass is 35.5. The first-order valence-corrected chi connectivity index (χ1v) is 7.81. The number of rotatable bonds is 8. The van der Waals surface area contributed by atoms with Crippen molar-refractivity contribution in [1.82, 2.24) is 0 Å². The molecule has 0 saturated heterocycles. The Hall–Kier alpha value is -1.02. The average Bonchev–Trinajstić information content (AvgIpc) is 2.38. The Morgan fingerprint density at radius 2 is 1.65 bits per heavy atom. The monoisotopic (exact) mass is 295 g/mol. The molecular weight excluding hydrogens is 270 g/mol. The topological polar surface area (TPSA) is 20.3 Å². The minimum atomic E-state index is 0.539. The molecule has 0 spiro atoms. The van der Waals surface area contributed by atoms with E-state index in [1.54, 1.807) is 0 Å². The number of carbonyl (C=O) groups is 1. The summed E-state index contributed by atoms with van der Waals surface area (Å²) in [6, 6.07) is 5.71. The van der Waals surface area contributed by atoms with Gasteiger partial charge in [0.15, 0.2) is 6.29 Å². The van der Waals surface area contributed by atoms with E-state index in [9.17, 15) is 4.79 Å². The molecular formula is C17H26ClNO. The van der Waals surface area contributed by atoms with Crippen LogP contribution in [0, 0.1) is 11.8 Å².